The molecule has 2 aliphatic rings. The summed E-state index contributed by atoms with van der Waals surface area (Å²) in [5.74, 6) is 0.250. The van der Waals surface area contributed by atoms with Gasteiger partial charge in [-0.25, -0.2) is 4.79 Å². The first-order valence-corrected chi connectivity index (χ1v) is 9.07. The zero-order valence-corrected chi connectivity index (χ0v) is 14.2. The molecule has 0 aromatic heterocycles. The Kier molecular flexibility index (Phi) is 4.04. The molecule has 2 fully saturated rings. The Labute approximate surface area is 126 Å². The number of carbonyl (C=O) groups excluding carboxylic acids is 1. The zero-order chi connectivity index (χ0) is 16.1. The van der Waals surface area contributed by atoms with Crippen molar-refractivity contribution in [3.8, 4) is 0 Å². The second-order valence-electron chi connectivity index (χ2n) is 7.51. The first-order chi connectivity index (χ1) is 9.39. The fourth-order valence-corrected chi connectivity index (χ4v) is 3.92. The van der Waals surface area contributed by atoms with E-state index in [-0.39, 0.29) is 23.5 Å². The van der Waals surface area contributed by atoms with E-state index in [1.807, 2.05) is 20.8 Å². The highest BCUT2D eigenvalue weighted by Gasteiger charge is 2.55. The van der Waals surface area contributed by atoms with E-state index in [9.17, 15) is 13.2 Å². The average Bonchev–Trinajstić information content (AvgIpc) is 2.05. The van der Waals surface area contributed by atoms with Crippen LogP contribution in [-0.4, -0.2) is 50.5 Å². The maximum absolute atomic E-state index is 11.9. The predicted molar refractivity (Wildman–Crippen MR) is 78.4 cm³/mol. The van der Waals surface area contributed by atoms with E-state index >= 15 is 0 Å². The molecule has 0 aromatic carbocycles. The van der Waals surface area contributed by atoms with Crippen LogP contribution in [-0.2, 0) is 19.0 Å². The van der Waals surface area contributed by atoms with Crippen LogP contribution in [0.15, 0.2) is 0 Å². The monoisotopic (exact) mass is 319 g/mol. The molecule has 2 rings (SSSR count). The average molecular weight is 319 g/mol. The van der Waals surface area contributed by atoms with Crippen molar-refractivity contribution in [2.45, 2.75) is 52.2 Å². The van der Waals surface area contributed by atoms with Gasteiger partial charge < -0.3 is 9.64 Å². The summed E-state index contributed by atoms with van der Waals surface area (Å²) in [7, 11) is -3.40. The molecule has 1 spiro atoms. The normalized spacial score (nSPS) is 23.4. The van der Waals surface area contributed by atoms with Gasteiger partial charge in [0.25, 0.3) is 10.1 Å². The summed E-state index contributed by atoms with van der Waals surface area (Å²) >= 11 is 0. The van der Waals surface area contributed by atoms with E-state index in [2.05, 4.69) is 0 Å². The highest BCUT2D eigenvalue weighted by molar-refractivity contribution is 7.86. The van der Waals surface area contributed by atoms with Crippen molar-refractivity contribution in [2.75, 3.05) is 19.3 Å². The van der Waals surface area contributed by atoms with Gasteiger partial charge in [0.05, 0.1) is 12.4 Å². The third-order valence-electron chi connectivity index (χ3n) is 4.09. The number of ether oxygens (including phenoxy) is 1. The van der Waals surface area contributed by atoms with E-state index < -0.39 is 15.7 Å². The first-order valence-electron chi connectivity index (χ1n) is 7.25. The van der Waals surface area contributed by atoms with Crippen molar-refractivity contribution < 1.29 is 22.1 Å². The quantitative estimate of drug-likeness (QED) is 0.744. The van der Waals surface area contributed by atoms with Gasteiger partial charge in [-0.2, -0.15) is 8.42 Å². The van der Waals surface area contributed by atoms with Crippen LogP contribution in [0, 0.1) is 11.3 Å². The molecule has 1 aliphatic carbocycles. The van der Waals surface area contributed by atoms with Gasteiger partial charge in [0.1, 0.15) is 5.60 Å². The lowest BCUT2D eigenvalue weighted by Gasteiger charge is -2.59. The lowest BCUT2D eigenvalue weighted by Crippen LogP contribution is -2.65. The summed E-state index contributed by atoms with van der Waals surface area (Å²) in [4.78, 5) is 13.6. The number of rotatable bonds is 3. The third kappa shape index (κ3) is 4.10. The largest absolute Gasteiger partial charge is 0.444 e. The van der Waals surface area contributed by atoms with Crippen molar-refractivity contribution in [1.29, 1.82) is 0 Å². The zero-order valence-electron chi connectivity index (χ0n) is 13.4. The van der Waals surface area contributed by atoms with Crippen LogP contribution in [0.1, 0.15) is 40.5 Å². The number of carbonyl (C=O) groups is 1. The lowest BCUT2D eigenvalue weighted by molar-refractivity contribution is -0.114. The minimum atomic E-state index is -3.40. The molecule has 6 nitrogen and oxygen atoms in total. The van der Waals surface area contributed by atoms with Crippen molar-refractivity contribution >= 4 is 16.2 Å². The Hall–Kier alpha value is -0.820. The summed E-state index contributed by atoms with van der Waals surface area (Å²) in [6, 6.07) is 0. The molecule has 21 heavy (non-hydrogen) atoms. The van der Waals surface area contributed by atoms with Crippen molar-refractivity contribution in [3.05, 3.63) is 0 Å². The van der Waals surface area contributed by atoms with Crippen LogP contribution in [0.3, 0.4) is 0 Å². The maximum Gasteiger partial charge on any atom is 0.410 e. The number of amides is 1. The predicted octanol–water partition coefficient (Wildman–Crippen LogP) is 2.00. The van der Waals surface area contributed by atoms with E-state index in [1.165, 1.54) is 0 Å². The van der Waals surface area contributed by atoms with Crippen LogP contribution >= 0.6 is 0 Å². The molecule has 1 heterocycles. The number of nitrogens with zero attached hydrogens (tertiary/aromatic N) is 1. The molecule has 1 saturated carbocycles. The molecule has 0 N–H and O–H groups in total. The van der Waals surface area contributed by atoms with Gasteiger partial charge in [-0.3, -0.25) is 4.18 Å². The van der Waals surface area contributed by atoms with Crippen LogP contribution in [0.2, 0.25) is 0 Å². The fourth-order valence-electron chi connectivity index (χ4n) is 3.22. The van der Waals surface area contributed by atoms with Crippen molar-refractivity contribution in [3.63, 3.8) is 0 Å². The summed E-state index contributed by atoms with van der Waals surface area (Å²) in [5.41, 5.74) is -0.323. The second kappa shape index (κ2) is 5.12. The number of hydrogen-bond acceptors (Lipinski definition) is 5. The Balaban J connectivity index is 1.76. The van der Waals surface area contributed by atoms with E-state index in [4.69, 9.17) is 8.92 Å². The standard InChI is InChI=1S/C14H25NO5S/c1-10(20-21(5,17)18)11-6-14(7-11)8-15(9-14)12(16)19-13(2,3)4/h10-11H,6-9H2,1-5H3. The third-order valence-corrected chi connectivity index (χ3v) is 4.74. The topological polar surface area (TPSA) is 72.9 Å². The molecule has 0 bridgehead atoms. The molecule has 1 saturated heterocycles. The minimum absolute atomic E-state index is 0.149. The molecular formula is C14H25NO5S. The molecule has 1 amide bonds. The molecule has 0 aromatic rings. The van der Waals surface area contributed by atoms with Gasteiger partial charge in [-0.1, -0.05) is 0 Å². The van der Waals surface area contributed by atoms with Gasteiger partial charge in [-0.15, -0.1) is 0 Å². The van der Waals surface area contributed by atoms with E-state index in [0.29, 0.717) is 13.1 Å². The van der Waals surface area contributed by atoms with Gasteiger partial charge >= 0.3 is 6.09 Å². The SMILES string of the molecule is CC(OS(C)(=O)=O)C1CC2(C1)CN(C(=O)OC(C)(C)C)C2. The number of hydrogen-bond donors (Lipinski definition) is 0. The lowest BCUT2D eigenvalue weighted by atomic mass is 9.56. The van der Waals surface area contributed by atoms with Crippen LogP contribution < -0.4 is 0 Å². The van der Waals surface area contributed by atoms with E-state index in [0.717, 1.165) is 19.1 Å². The van der Waals surface area contributed by atoms with E-state index in [1.54, 1.807) is 11.8 Å². The highest BCUT2D eigenvalue weighted by Crippen LogP contribution is 2.53. The highest BCUT2D eigenvalue weighted by atomic mass is 32.2. The van der Waals surface area contributed by atoms with Crippen molar-refractivity contribution in [1.82, 2.24) is 4.90 Å². The van der Waals surface area contributed by atoms with Gasteiger partial charge in [0.2, 0.25) is 0 Å². The number of likely N-dealkylation sites (tertiary alicyclic amines) is 1. The molecule has 1 aliphatic heterocycles. The molecule has 7 heteroatoms. The van der Waals surface area contributed by atoms with Gasteiger partial charge in [-0.05, 0) is 46.5 Å². The van der Waals surface area contributed by atoms with Gasteiger partial charge in [0, 0.05) is 18.5 Å². The minimum Gasteiger partial charge on any atom is -0.444 e. The molecule has 1 unspecified atom stereocenters. The van der Waals surface area contributed by atoms with Crippen molar-refractivity contribution in [2.24, 2.45) is 11.3 Å². The summed E-state index contributed by atoms with van der Waals surface area (Å²) in [6.45, 7) is 8.75. The Morgan fingerprint density at radius 1 is 1.29 bits per heavy atom. The smallest absolute Gasteiger partial charge is 0.410 e. The summed E-state index contributed by atoms with van der Waals surface area (Å²) in [5, 5.41) is 0. The molecular weight excluding hydrogens is 294 g/mol. The summed E-state index contributed by atoms with van der Waals surface area (Å²) < 4.78 is 32.6. The van der Waals surface area contributed by atoms with Gasteiger partial charge in [0.15, 0.2) is 0 Å². The Morgan fingerprint density at radius 2 is 1.81 bits per heavy atom. The maximum atomic E-state index is 11.9. The Morgan fingerprint density at radius 3 is 2.24 bits per heavy atom. The first kappa shape index (κ1) is 16.5. The second-order valence-corrected chi connectivity index (χ2v) is 9.11. The fraction of sp³-hybridized carbons (Fsp3) is 0.929. The molecule has 1 atom stereocenters. The molecule has 122 valence electrons. The van der Waals surface area contributed by atoms with Crippen LogP contribution in [0.4, 0.5) is 4.79 Å². The van der Waals surface area contributed by atoms with Crippen LogP contribution in [0.5, 0.6) is 0 Å². The Bertz CT molecular complexity index is 508. The van der Waals surface area contributed by atoms with Crippen LogP contribution in [0.25, 0.3) is 0 Å². The summed E-state index contributed by atoms with van der Waals surface area (Å²) in [6.07, 6.45) is 2.33. The molecule has 0 radical (unpaired) electrons.